The Balaban J connectivity index is 1.92. The summed E-state index contributed by atoms with van der Waals surface area (Å²) in [5.41, 5.74) is 0.0387. The molecule has 0 aliphatic heterocycles. The Morgan fingerprint density at radius 2 is 1.79 bits per heavy atom. The van der Waals surface area contributed by atoms with Gasteiger partial charge in [0.15, 0.2) is 11.2 Å². The van der Waals surface area contributed by atoms with Crippen molar-refractivity contribution in [2.24, 2.45) is 14.1 Å². The van der Waals surface area contributed by atoms with Gasteiger partial charge in [0, 0.05) is 29.7 Å². The number of ether oxygens (including phenoxy) is 1. The Morgan fingerprint density at radius 3 is 2.45 bits per heavy atom. The summed E-state index contributed by atoms with van der Waals surface area (Å²) in [4.78, 5) is 29.6. The Hall–Kier alpha value is -2.97. The molecule has 29 heavy (non-hydrogen) atoms. The number of hydrogen-bond acceptors (Lipinski definition) is 5. The van der Waals surface area contributed by atoms with E-state index in [4.69, 9.17) is 32.4 Å². The van der Waals surface area contributed by atoms with Crippen LogP contribution in [-0.2, 0) is 27.2 Å². The van der Waals surface area contributed by atoms with Gasteiger partial charge in [-0.3, -0.25) is 18.5 Å². The molecule has 150 valence electrons. The summed E-state index contributed by atoms with van der Waals surface area (Å²) in [5.74, 6) is 0.584. The quantitative estimate of drug-likeness (QED) is 0.481. The highest BCUT2D eigenvalue weighted by molar-refractivity contribution is 6.36. The van der Waals surface area contributed by atoms with Crippen LogP contribution in [0.2, 0.25) is 10.0 Å². The molecule has 0 aliphatic rings. The van der Waals surface area contributed by atoms with Gasteiger partial charge in [-0.1, -0.05) is 29.3 Å². The van der Waals surface area contributed by atoms with Crippen molar-refractivity contribution in [3.05, 3.63) is 78.8 Å². The fourth-order valence-corrected chi connectivity index (χ4v) is 3.57. The molecule has 0 spiro atoms. The van der Waals surface area contributed by atoms with E-state index in [9.17, 15) is 9.59 Å². The van der Waals surface area contributed by atoms with Gasteiger partial charge in [-0.15, -0.1) is 0 Å². The molecule has 4 rings (SSSR count). The van der Waals surface area contributed by atoms with Crippen LogP contribution >= 0.6 is 23.2 Å². The number of fused-ring (bicyclic) bond motifs is 1. The lowest BCUT2D eigenvalue weighted by Gasteiger charge is -2.12. The van der Waals surface area contributed by atoms with Gasteiger partial charge < -0.3 is 9.15 Å². The third-order valence-electron chi connectivity index (χ3n) is 4.61. The van der Waals surface area contributed by atoms with Gasteiger partial charge >= 0.3 is 5.69 Å². The molecular formula is C19H16Cl2N4O4. The fraction of sp³-hybridized carbons (Fsp3) is 0.211. The molecule has 1 aromatic carbocycles. The van der Waals surface area contributed by atoms with Gasteiger partial charge in [0.2, 0.25) is 0 Å². The van der Waals surface area contributed by atoms with Crippen molar-refractivity contribution < 1.29 is 9.15 Å². The number of hydrogen-bond donors (Lipinski definition) is 0. The third kappa shape index (κ3) is 3.34. The number of imidazole rings is 1. The third-order valence-corrected chi connectivity index (χ3v) is 5.32. The van der Waals surface area contributed by atoms with Crippen molar-refractivity contribution in [1.29, 1.82) is 0 Å². The van der Waals surface area contributed by atoms with E-state index >= 15 is 0 Å². The van der Waals surface area contributed by atoms with Crippen molar-refractivity contribution >= 4 is 34.4 Å². The smallest absolute Gasteiger partial charge is 0.332 e. The average molecular weight is 435 g/mol. The predicted octanol–water partition coefficient (Wildman–Crippen LogP) is 2.96. The lowest BCUT2D eigenvalue weighted by Crippen LogP contribution is -2.37. The highest BCUT2D eigenvalue weighted by Gasteiger charge is 2.22. The van der Waals surface area contributed by atoms with Gasteiger partial charge in [-0.05, 0) is 24.3 Å². The zero-order valence-electron chi connectivity index (χ0n) is 15.6. The van der Waals surface area contributed by atoms with Gasteiger partial charge in [0.05, 0.1) is 12.8 Å². The molecule has 3 aromatic heterocycles. The Kier molecular flexibility index (Phi) is 4.97. The average Bonchev–Trinajstić information content (AvgIpc) is 3.34. The molecule has 0 amide bonds. The number of halogens is 2. The number of aromatic nitrogens is 4. The molecule has 0 fully saturated rings. The van der Waals surface area contributed by atoms with Crippen LogP contribution in [0, 0.1) is 0 Å². The van der Waals surface area contributed by atoms with Crippen LogP contribution in [-0.4, -0.2) is 18.7 Å². The van der Waals surface area contributed by atoms with E-state index in [-0.39, 0.29) is 30.3 Å². The maximum Gasteiger partial charge on any atom is 0.332 e. The number of aryl methyl sites for hydroxylation is 1. The summed E-state index contributed by atoms with van der Waals surface area (Å²) in [5, 5.41) is 0.885. The molecule has 0 aliphatic carbocycles. The summed E-state index contributed by atoms with van der Waals surface area (Å²) in [6.07, 6.45) is 1.53. The van der Waals surface area contributed by atoms with E-state index in [1.165, 1.54) is 17.9 Å². The van der Waals surface area contributed by atoms with Crippen LogP contribution in [0.5, 0.6) is 6.01 Å². The number of rotatable bonds is 5. The molecule has 3 heterocycles. The topological polar surface area (TPSA) is 84.2 Å². The molecule has 0 N–H and O–H groups in total. The van der Waals surface area contributed by atoms with E-state index in [1.807, 2.05) is 0 Å². The largest absolute Gasteiger partial charge is 0.466 e. The van der Waals surface area contributed by atoms with Crippen LogP contribution in [0.15, 0.2) is 50.6 Å². The number of furan rings is 1. The standard InChI is InChI=1S/C19H16Cl2N4O4/c1-23-16-15(17(26)24(2)19(23)27)25(9-12-13(20)6-3-7-14(12)21)18(22-16)29-10-11-5-4-8-28-11/h3-8H,9-10H2,1-2H3. The van der Waals surface area contributed by atoms with Crippen molar-refractivity contribution in [3.63, 3.8) is 0 Å². The van der Waals surface area contributed by atoms with Crippen LogP contribution in [0.1, 0.15) is 11.3 Å². The minimum Gasteiger partial charge on any atom is -0.466 e. The van der Waals surface area contributed by atoms with Gasteiger partial charge in [0.1, 0.15) is 12.4 Å². The minimum atomic E-state index is -0.494. The second kappa shape index (κ2) is 7.46. The molecule has 0 bridgehead atoms. The van der Waals surface area contributed by atoms with Gasteiger partial charge in [-0.25, -0.2) is 4.79 Å². The Morgan fingerprint density at radius 1 is 1.07 bits per heavy atom. The van der Waals surface area contributed by atoms with E-state index in [0.717, 1.165) is 4.57 Å². The Bertz CT molecular complexity index is 1300. The highest BCUT2D eigenvalue weighted by Crippen LogP contribution is 2.28. The fourth-order valence-electron chi connectivity index (χ4n) is 3.06. The number of benzene rings is 1. The first-order valence-electron chi connectivity index (χ1n) is 8.62. The van der Waals surface area contributed by atoms with E-state index in [1.54, 1.807) is 41.9 Å². The first kappa shape index (κ1) is 19.4. The summed E-state index contributed by atoms with van der Waals surface area (Å²) in [7, 11) is 2.95. The predicted molar refractivity (Wildman–Crippen MR) is 109 cm³/mol. The zero-order chi connectivity index (χ0) is 20.7. The first-order chi connectivity index (χ1) is 13.9. The maximum atomic E-state index is 12.9. The second-order valence-electron chi connectivity index (χ2n) is 6.43. The van der Waals surface area contributed by atoms with Crippen LogP contribution in [0.25, 0.3) is 11.2 Å². The lowest BCUT2D eigenvalue weighted by molar-refractivity contribution is 0.242. The summed E-state index contributed by atoms with van der Waals surface area (Å²) >= 11 is 12.6. The summed E-state index contributed by atoms with van der Waals surface area (Å²) in [6.45, 7) is 0.233. The zero-order valence-corrected chi connectivity index (χ0v) is 17.1. The van der Waals surface area contributed by atoms with Crippen LogP contribution < -0.4 is 16.0 Å². The molecular weight excluding hydrogens is 419 g/mol. The molecule has 4 aromatic rings. The van der Waals surface area contributed by atoms with E-state index < -0.39 is 11.2 Å². The summed E-state index contributed by atoms with van der Waals surface area (Å²) in [6, 6.07) is 8.79. The highest BCUT2D eigenvalue weighted by atomic mass is 35.5. The molecule has 0 saturated carbocycles. The van der Waals surface area contributed by atoms with Crippen molar-refractivity contribution in [3.8, 4) is 6.01 Å². The SMILES string of the molecule is Cn1c(=O)c2c(nc(OCc3ccco3)n2Cc2c(Cl)cccc2Cl)n(C)c1=O. The molecule has 0 radical (unpaired) electrons. The monoisotopic (exact) mass is 434 g/mol. The normalized spacial score (nSPS) is 11.3. The minimum absolute atomic E-state index is 0.0981. The van der Waals surface area contributed by atoms with Gasteiger partial charge in [-0.2, -0.15) is 4.98 Å². The van der Waals surface area contributed by atoms with E-state index in [0.29, 0.717) is 21.4 Å². The maximum absolute atomic E-state index is 12.9. The molecule has 10 heteroatoms. The van der Waals surface area contributed by atoms with Crippen LogP contribution in [0.3, 0.4) is 0 Å². The lowest BCUT2D eigenvalue weighted by atomic mass is 10.2. The van der Waals surface area contributed by atoms with Crippen molar-refractivity contribution in [2.75, 3.05) is 0 Å². The van der Waals surface area contributed by atoms with Crippen molar-refractivity contribution in [1.82, 2.24) is 18.7 Å². The van der Waals surface area contributed by atoms with Crippen molar-refractivity contribution in [2.45, 2.75) is 13.2 Å². The van der Waals surface area contributed by atoms with Gasteiger partial charge in [0.25, 0.3) is 11.6 Å². The Labute approximate surface area is 174 Å². The number of nitrogens with zero attached hydrogens (tertiary/aromatic N) is 4. The summed E-state index contributed by atoms with van der Waals surface area (Å²) < 4.78 is 15.0. The molecule has 0 atom stereocenters. The molecule has 0 unspecified atom stereocenters. The second-order valence-corrected chi connectivity index (χ2v) is 7.24. The van der Waals surface area contributed by atoms with Crippen LogP contribution in [0.4, 0.5) is 0 Å². The molecule has 0 saturated heterocycles. The molecule has 8 nitrogen and oxygen atoms in total. The first-order valence-corrected chi connectivity index (χ1v) is 9.38. The van der Waals surface area contributed by atoms with E-state index in [2.05, 4.69) is 4.98 Å².